The first-order valence-corrected chi connectivity index (χ1v) is 9.26. The third-order valence-electron chi connectivity index (χ3n) is 4.24. The molecule has 1 N–H and O–H groups in total. The number of nitrogens with one attached hydrogen (secondary N) is 1. The molecule has 0 bridgehead atoms. The van der Waals surface area contributed by atoms with Crippen LogP contribution in [0.15, 0.2) is 85.1 Å². The van der Waals surface area contributed by atoms with Gasteiger partial charge < -0.3 is 5.32 Å². The van der Waals surface area contributed by atoms with Gasteiger partial charge in [-0.15, -0.1) is 5.10 Å². The van der Waals surface area contributed by atoms with Gasteiger partial charge >= 0.3 is 0 Å². The smallest absolute Gasteiger partial charge is 0.195 e. The average Bonchev–Trinajstić information content (AvgIpc) is 3.23. The molecule has 6 nitrogen and oxygen atoms in total. The number of aromatic nitrogens is 4. The second kappa shape index (κ2) is 8.50. The van der Waals surface area contributed by atoms with Crippen LogP contribution < -0.4 is 5.32 Å². The predicted octanol–water partition coefficient (Wildman–Crippen LogP) is 4.63. The van der Waals surface area contributed by atoms with Crippen LogP contribution in [0.5, 0.6) is 0 Å². The van der Waals surface area contributed by atoms with Gasteiger partial charge in [0.1, 0.15) is 0 Å². The van der Waals surface area contributed by atoms with Crippen LogP contribution in [0, 0.1) is 0 Å². The first-order valence-electron chi connectivity index (χ1n) is 8.88. The number of halogens is 1. The summed E-state index contributed by atoms with van der Waals surface area (Å²) in [7, 11) is 0. The van der Waals surface area contributed by atoms with Gasteiger partial charge in [-0.05, 0) is 46.8 Å². The molecule has 1 heterocycles. The van der Waals surface area contributed by atoms with E-state index in [0.29, 0.717) is 27.7 Å². The third kappa shape index (κ3) is 4.23. The Morgan fingerprint density at radius 1 is 0.931 bits per heavy atom. The molecule has 0 spiro atoms. The molecule has 1 aromatic heterocycles. The molecular weight excluding hydrogens is 386 g/mol. The Balaban J connectivity index is 1.55. The summed E-state index contributed by atoms with van der Waals surface area (Å²) in [6, 6.07) is 23.7. The number of carbonyl (C=O) groups is 1. The van der Waals surface area contributed by atoms with Crippen LogP contribution in [-0.2, 0) is 0 Å². The maximum atomic E-state index is 12.8. The maximum absolute atomic E-state index is 12.8. The summed E-state index contributed by atoms with van der Waals surface area (Å²) in [6.07, 6.45) is 3.44. The molecule has 7 heteroatoms. The molecule has 3 aromatic carbocycles. The van der Waals surface area contributed by atoms with E-state index in [-0.39, 0.29) is 5.78 Å². The zero-order valence-corrected chi connectivity index (χ0v) is 16.0. The van der Waals surface area contributed by atoms with Gasteiger partial charge in [0.05, 0.1) is 5.69 Å². The Bertz CT molecular complexity index is 1150. The van der Waals surface area contributed by atoms with Gasteiger partial charge in [-0.2, -0.15) is 4.68 Å². The SMILES string of the molecule is O=C(c1ccccc1)c1ccccc1NC=Cc1nnnn1-c1ccc(Cl)cc1. The fourth-order valence-electron chi connectivity index (χ4n) is 2.82. The van der Waals surface area contributed by atoms with Crippen LogP contribution in [0.2, 0.25) is 5.02 Å². The average molecular weight is 402 g/mol. The number of hydrogen-bond acceptors (Lipinski definition) is 5. The van der Waals surface area contributed by atoms with Crippen molar-refractivity contribution in [2.24, 2.45) is 0 Å². The first-order chi connectivity index (χ1) is 14.2. The number of benzene rings is 3. The van der Waals surface area contributed by atoms with Crippen LogP contribution in [0.4, 0.5) is 5.69 Å². The van der Waals surface area contributed by atoms with Crippen molar-refractivity contribution in [1.82, 2.24) is 20.2 Å². The molecule has 0 aliphatic heterocycles. The number of rotatable bonds is 6. The molecule has 4 aromatic rings. The normalized spacial score (nSPS) is 10.9. The lowest BCUT2D eigenvalue weighted by Gasteiger charge is -2.08. The van der Waals surface area contributed by atoms with Crippen molar-refractivity contribution < 1.29 is 4.79 Å². The van der Waals surface area contributed by atoms with E-state index in [0.717, 1.165) is 5.69 Å². The zero-order valence-electron chi connectivity index (χ0n) is 15.2. The number of carbonyl (C=O) groups excluding carboxylic acids is 1. The first kappa shape index (κ1) is 18.6. The van der Waals surface area contributed by atoms with Crippen molar-refractivity contribution in [2.75, 3.05) is 5.32 Å². The van der Waals surface area contributed by atoms with Crippen LogP contribution in [0.25, 0.3) is 11.8 Å². The number of hydrogen-bond donors (Lipinski definition) is 1. The number of tetrazole rings is 1. The molecule has 142 valence electrons. The summed E-state index contributed by atoms with van der Waals surface area (Å²) in [5.41, 5.74) is 2.71. The Morgan fingerprint density at radius 3 is 2.45 bits per heavy atom. The van der Waals surface area contributed by atoms with E-state index in [9.17, 15) is 4.79 Å². The Labute approximate surface area is 172 Å². The summed E-state index contributed by atoms with van der Waals surface area (Å²) in [5, 5.41) is 15.6. The van der Waals surface area contributed by atoms with Gasteiger partial charge in [0.15, 0.2) is 11.6 Å². The van der Waals surface area contributed by atoms with E-state index in [1.165, 1.54) is 0 Å². The van der Waals surface area contributed by atoms with E-state index in [4.69, 9.17) is 11.6 Å². The number of nitrogens with zero attached hydrogens (tertiary/aromatic N) is 4. The molecule has 0 saturated heterocycles. The van der Waals surface area contributed by atoms with Gasteiger partial charge in [-0.1, -0.05) is 54.1 Å². The topological polar surface area (TPSA) is 72.7 Å². The van der Waals surface area contributed by atoms with Crippen LogP contribution in [0.1, 0.15) is 21.7 Å². The Hall–Kier alpha value is -3.77. The van der Waals surface area contributed by atoms with E-state index in [1.54, 1.807) is 47.3 Å². The molecule has 0 unspecified atom stereocenters. The van der Waals surface area contributed by atoms with Gasteiger partial charge in [-0.3, -0.25) is 4.79 Å². The lowest BCUT2D eigenvalue weighted by Crippen LogP contribution is -2.05. The largest absolute Gasteiger partial charge is 0.361 e. The highest BCUT2D eigenvalue weighted by molar-refractivity contribution is 6.30. The van der Waals surface area contributed by atoms with Gasteiger partial charge in [-0.25, -0.2) is 0 Å². The molecule has 0 amide bonds. The predicted molar refractivity (Wildman–Crippen MR) is 113 cm³/mol. The fourth-order valence-corrected chi connectivity index (χ4v) is 2.95. The summed E-state index contributed by atoms with van der Waals surface area (Å²) >= 11 is 5.94. The summed E-state index contributed by atoms with van der Waals surface area (Å²) < 4.78 is 1.59. The van der Waals surface area contributed by atoms with Crippen LogP contribution >= 0.6 is 11.6 Å². The molecule has 29 heavy (non-hydrogen) atoms. The van der Waals surface area contributed by atoms with E-state index in [1.807, 2.05) is 48.5 Å². The van der Waals surface area contributed by atoms with Crippen molar-refractivity contribution in [3.05, 3.63) is 107 Å². The highest BCUT2D eigenvalue weighted by atomic mass is 35.5. The van der Waals surface area contributed by atoms with Crippen molar-refractivity contribution in [3.63, 3.8) is 0 Å². The minimum Gasteiger partial charge on any atom is -0.361 e. The monoisotopic (exact) mass is 401 g/mol. The second-order valence-corrected chi connectivity index (χ2v) is 6.58. The summed E-state index contributed by atoms with van der Waals surface area (Å²) in [5.74, 6) is 0.486. The minimum atomic E-state index is -0.0481. The summed E-state index contributed by atoms with van der Waals surface area (Å²) in [6.45, 7) is 0. The second-order valence-electron chi connectivity index (χ2n) is 6.14. The molecule has 0 aliphatic rings. The molecule has 0 radical (unpaired) electrons. The lowest BCUT2D eigenvalue weighted by atomic mass is 10.0. The standard InChI is InChI=1S/C22H16ClN5O/c23-17-10-12-18(13-11-17)28-21(25-26-27-28)14-15-24-20-9-5-4-8-19(20)22(29)16-6-2-1-3-7-16/h1-15,24H. The quantitative estimate of drug-likeness (QED) is 0.477. The fraction of sp³-hybridized carbons (Fsp3) is 0. The molecular formula is C22H16ClN5O. The highest BCUT2D eigenvalue weighted by Crippen LogP contribution is 2.20. The molecule has 0 fully saturated rings. The molecule has 0 atom stereocenters. The van der Waals surface area contributed by atoms with Gasteiger partial charge in [0, 0.05) is 34.1 Å². The van der Waals surface area contributed by atoms with E-state index in [2.05, 4.69) is 20.8 Å². The van der Waals surface area contributed by atoms with E-state index >= 15 is 0 Å². The zero-order chi connectivity index (χ0) is 20.1. The van der Waals surface area contributed by atoms with Crippen LogP contribution in [0.3, 0.4) is 0 Å². The van der Waals surface area contributed by atoms with Gasteiger partial charge in [0.25, 0.3) is 0 Å². The van der Waals surface area contributed by atoms with E-state index < -0.39 is 0 Å². The van der Waals surface area contributed by atoms with Crippen molar-refractivity contribution in [2.45, 2.75) is 0 Å². The number of ketones is 1. The lowest BCUT2D eigenvalue weighted by molar-refractivity contribution is 0.103. The molecule has 0 aliphatic carbocycles. The number of para-hydroxylation sites is 1. The number of anilines is 1. The third-order valence-corrected chi connectivity index (χ3v) is 4.50. The van der Waals surface area contributed by atoms with Crippen molar-refractivity contribution in [3.8, 4) is 5.69 Å². The minimum absolute atomic E-state index is 0.0481. The highest BCUT2D eigenvalue weighted by Gasteiger charge is 2.12. The molecule has 4 rings (SSSR count). The summed E-state index contributed by atoms with van der Waals surface area (Å²) in [4.78, 5) is 12.8. The Kier molecular flexibility index (Phi) is 5.45. The van der Waals surface area contributed by atoms with Crippen LogP contribution in [-0.4, -0.2) is 26.0 Å². The maximum Gasteiger partial charge on any atom is 0.195 e. The van der Waals surface area contributed by atoms with Gasteiger partial charge in [0.2, 0.25) is 0 Å². The molecule has 0 saturated carbocycles. The van der Waals surface area contributed by atoms with Crippen molar-refractivity contribution in [1.29, 1.82) is 0 Å². The Morgan fingerprint density at radius 2 is 1.66 bits per heavy atom. The van der Waals surface area contributed by atoms with Crippen molar-refractivity contribution >= 4 is 29.1 Å².